The average molecular weight is 297 g/mol. The highest BCUT2D eigenvalue weighted by molar-refractivity contribution is 5.71. The number of carbonyl (C=O) groups is 1. The molecule has 1 aliphatic rings. The van der Waals surface area contributed by atoms with Gasteiger partial charge in [0.25, 0.3) is 0 Å². The number of allylic oxidation sites excluding steroid dienone is 1. The zero-order chi connectivity index (χ0) is 15.5. The number of ether oxygens (including phenoxy) is 2. The lowest BCUT2D eigenvalue weighted by atomic mass is 9.96. The highest BCUT2D eigenvalue weighted by atomic mass is 16.6. The van der Waals surface area contributed by atoms with Gasteiger partial charge in [0, 0.05) is 0 Å². The van der Waals surface area contributed by atoms with E-state index in [-0.39, 0.29) is 24.7 Å². The third-order valence-corrected chi connectivity index (χ3v) is 3.82. The Bertz CT molecular complexity index is 317. The van der Waals surface area contributed by atoms with Crippen molar-refractivity contribution >= 4 is 5.97 Å². The smallest absolute Gasteiger partial charge is 0.320 e. The standard InChI is InChI=1S/C17H31NO3/c1-3-4-5-6-7-8-9-10-15-16(21-17(19)12-18)11-14(2)13-20-15/h9-10,14-16H,3-8,11-13,18H2,1-2H3/t14-,15-,16-/m1/s1. The Morgan fingerprint density at radius 2 is 2.10 bits per heavy atom. The van der Waals surface area contributed by atoms with Crippen LogP contribution in [0.4, 0.5) is 0 Å². The number of hydrogen-bond donors (Lipinski definition) is 1. The van der Waals surface area contributed by atoms with E-state index in [0.717, 1.165) is 19.4 Å². The number of nitrogens with two attached hydrogens (primary N) is 1. The molecule has 0 saturated carbocycles. The molecule has 0 bridgehead atoms. The van der Waals surface area contributed by atoms with Crippen LogP contribution < -0.4 is 5.73 Å². The topological polar surface area (TPSA) is 61.5 Å². The second-order valence-electron chi connectivity index (χ2n) is 6.00. The number of hydrogen-bond acceptors (Lipinski definition) is 4. The van der Waals surface area contributed by atoms with Gasteiger partial charge in [0.2, 0.25) is 0 Å². The van der Waals surface area contributed by atoms with E-state index in [2.05, 4.69) is 26.0 Å². The van der Waals surface area contributed by atoms with Crippen molar-refractivity contribution in [1.82, 2.24) is 0 Å². The van der Waals surface area contributed by atoms with Gasteiger partial charge in [0.05, 0.1) is 13.2 Å². The molecule has 0 radical (unpaired) electrons. The fourth-order valence-electron chi connectivity index (χ4n) is 2.59. The Labute approximate surface area is 129 Å². The van der Waals surface area contributed by atoms with E-state index in [0.29, 0.717) is 5.92 Å². The first-order valence-corrected chi connectivity index (χ1v) is 8.35. The third kappa shape index (κ3) is 7.63. The Morgan fingerprint density at radius 1 is 1.33 bits per heavy atom. The Kier molecular flexibility index (Phi) is 9.35. The molecule has 0 aromatic rings. The van der Waals surface area contributed by atoms with Gasteiger partial charge in [-0.25, -0.2) is 0 Å². The molecular weight excluding hydrogens is 266 g/mol. The lowest BCUT2D eigenvalue weighted by Gasteiger charge is -2.32. The maximum Gasteiger partial charge on any atom is 0.320 e. The molecule has 0 aromatic carbocycles. The molecule has 2 N–H and O–H groups in total. The summed E-state index contributed by atoms with van der Waals surface area (Å²) >= 11 is 0. The van der Waals surface area contributed by atoms with Crippen LogP contribution in [-0.4, -0.2) is 31.3 Å². The van der Waals surface area contributed by atoms with Crippen LogP contribution in [-0.2, 0) is 14.3 Å². The van der Waals surface area contributed by atoms with Gasteiger partial charge in [-0.15, -0.1) is 0 Å². The van der Waals surface area contributed by atoms with Gasteiger partial charge in [0.1, 0.15) is 12.2 Å². The molecule has 1 heterocycles. The first-order chi connectivity index (χ1) is 10.2. The van der Waals surface area contributed by atoms with Crippen LogP contribution in [0.3, 0.4) is 0 Å². The summed E-state index contributed by atoms with van der Waals surface area (Å²) in [6.07, 6.45) is 12.2. The van der Waals surface area contributed by atoms with Crippen molar-refractivity contribution in [3.8, 4) is 0 Å². The molecule has 1 rings (SSSR count). The summed E-state index contributed by atoms with van der Waals surface area (Å²) in [5.41, 5.74) is 5.32. The van der Waals surface area contributed by atoms with Crippen molar-refractivity contribution < 1.29 is 14.3 Å². The molecule has 4 nitrogen and oxygen atoms in total. The third-order valence-electron chi connectivity index (χ3n) is 3.82. The summed E-state index contributed by atoms with van der Waals surface area (Å²) in [6, 6.07) is 0. The summed E-state index contributed by atoms with van der Waals surface area (Å²) in [5, 5.41) is 0. The first-order valence-electron chi connectivity index (χ1n) is 8.35. The summed E-state index contributed by atoms with van der Waals surface area (Å²) in [4.78, 5) is 11.4. The summed E-state index contributed by atoms with van der Waals surface area (Å²) in [7, 11) is 0. The van der Waals surface area contributed by atoms with E-state index in [1.807, 2.05) is 0 Å². The van der Waals surface area contributed by atoms with Crippen LogP contribution in [0.1, 0.15) is 58.8 Å². The van der Waals surface area contributed by atoms with Crippen LogP contribution in [0.25, 0.3) is 0 Å². The van der Waals surface area contributed by atoms with Gasteiger partial charge in [0.15, 0.2) is 0 Å². The SMILES string of the molecule is CCCCCCCC=C[C@H]1OC[C@H](C)C[C@H]1OC(=O)CN. The number of rotatable bonds is 9. The monoisotopic (exact) mass is 297 g/mol. The van der Waals surface area contributed by atoms with Crippen molar-refractivity contribution in [1.29, 1.82) is 0 Å². The molecule has 122 valence electrons. The minimum Gasteiger partial charge on any atom is -0.458 e. The lowest BCUT2D eigenvalue weighted by Crippen LogP contribution is -2.40. The van der Waals surface area contributed by atoms with E-state index < -0.39 is 0 Å². The fourth-order valence-corrected chi connectivity index (χ4v) is 2.59. The van der Waals surface area contributed by atoms with Crippen molar-refractivity contribution in [2.75, 3.05) is 13.2 Å². The minimum atomic E-state index is -0.351. The number of carbonyl (C=O) groups excluding carboxylic acids is 1. The Balaban J connectivity index is 2.33. The van der Waals surface area contributed by atoms with Crippen LogP contribution in [0.5, 0.6) is 0 Å². The van der Waals surface area contributed by atoms with E-state index in [9.17, 15) is 4.79 Å². The van der Waals surface area contributed by atoms with Gasteiger partial charge in [-0.1, -0.05) is 51.7 Å². The van der Waals surface area contributed by atoms with Gasteiger partial charge < -0.3 is 15.2 Å². The molecule has 0 unspecified atom stereocenters. The maximum atomic E-state index is 11.4. The molecule has 0 aliphatic carbocycles. The molecule has 3 atom stereocenters. The zero-order valence-electron chi connectivity index (χ0n) is 13.6. The predicted octanol–water partition coefficient (Wildman–Crippen LogP) is 3.20. The summed E-state index contributed by atoms with van der Waals surface area (Å²) in [6.45, 7) is 4.99. The normalized spacial score (nSPS) is 26.1. The zero-order valence-corrected chi connectivity index (χ0v) is 13.6. The van der Waals surface area contributed by atoms with Crippen LogP contribution in [0.2, 0.25) is 0 Å². The van der Waals surface area contributed by atoms with Gasteiger partial charge in [-0.2, -0.15) is 0 Å². The molecule has 1 aliphatic heterocycles. The summed E-state index contributed by atoms with van der Waals surface area (Å²) < 4.78 is 11.2. The number of esters is 1. The Hall–Kier alpha value is -0.870. The molecular formula is C17H31NO3. The molecule has 4 heteroatoms. The minimum absolute atomic E-state index is 0.0707. The van der Waals surface area contributed by atoms with Crippen LogP contribution >= 0.6 is 0 Å². The van der Waals surface area contributed by atoms with Gasteiger partial charge >= 0.3 is 5.97 Å². The van der Waals surface area contributed by atoms with E-state index in [4.69, 9.17) is 15.2 Å². The van der Waals surface area contributed by atoms with Crippen molar-refractivity contribution in [3.05, 3.63) is 12.2 Å². The molecule has 1 fully saturated rings. The van der Waals surface area contributed by atoms with E-state index in [1.165, 1.54) is 32.1 Å². The molecule has 0 amide bonds. The van der Waals surface area contributed by atoms with Gasteiger partial charge in [-0.3, -0.25) is 4.79 Å². The largest absolute Gasteiger partial charge is 0.458 e. The second kappa shape index (κ2) is 10.8. The fraction of sp³-hybridized carbons (Fsp3) is 0.824. The quantitative estimate of drug-likeness (QED) is 0.403. The Morgan fingerprint density at radius 3 is 2.81 bits per heavy atom. The van der Waals surface area contributed by atoms with E-state index >= 15 is 0 Å². The average Bonchev–Trinajstić information content (AvgIpc) is 2.48. The lowest BCUT2D eigenvalue weighted by molar-refractivity contribution is -0.161. The molecule has 0 spiro atoms. The maximum absolute atomic E-state index is 11.4. The number of unbranched alkanes of at least 4 members (excludes halogenated alkanes) is 5. The van der Waals surface area contributed by atoms with Gasteiger partial charge in [-0.05, 0) is 25.2 Å². The molecule has 1 saturated heterocycles. The van der Waals surface area contributed by atoms with Crippen molar-refractivity contribution in [2.45, 2.75) is 71.0 Å². The van der Waals surface area contributed by atoms with E-state index in [1.54, 1.807) is 0 Å². The second-order valence-corrected chi connectivity index (χ2v) is 6.00. The predicted molar refractivity (Wildman–Crippen MR) is 85.0 cm³/mol. The molecule has 0 aromatic heterocycles. The van der Waals surface area contributed by atoms with Crippen LogP contribution in [0.15, 0.2) is 12.2 Å². The molecule has 21 heavy (non-hydrogen) atoms. The van der Waals surface area contributed by atoms with Crippen molar-refractivity contribution in [3.63, 3.8) is 0 Å². The van der Waals surface area contributed by atoms with Crippen molar-refractivity contribution in [2.24, 2.45) is 11.7 Å². The van der Waals surface area contributed by atoms with Crippen LogP contribution in [0, 0.1) is 5.92 Å². The summed E-state index contributed by atoms with van der Waals surface area (Å²) in [5.74, 6) is 0.0648. The first kappa shape index (κ1) is 18.2. The highest BCUT2D eigenvalue weighted by Crippen LogP contribution is 2.23. The highest BCUT2D eigenvalue weighted by Gasteiger charge is 2.30.